The Morgan fingerprint density at radius 2 is 2.00 bits per heavy atom. The molecule has 0 aliphatic heterocycles. The van der Waals surface area contributed by atoms with Crippen LogP contribution in [-0.4, -0.2) is 38.5 Å². The maximum Gasteiger partial charge on any atom is 0.326 e. The van der Waals surface area contributed by atoms with E-state index in [1.165, 1.54) is 0 Å². The van der Waals surface area contributed by atoms with Gasteiger partial charge in [-0.1, -0.05) is 25.3 Å². The van der Waals surface area contributed by atoms with E-state index in [4.69, 9.17) is 10.8 Å². The molecule has 0 aliphatic rings. The number of aromatic nitrogens is 2. The fraction of sp³-hybridized carbons (Fsp3) is 0.545. The van der Waals surface area contributed by atoms with Crippen molar-refractivity contribution < 1.29 is 19.5 Å². The lowest BCUT2D eigenvalue weighted by molar-refractivity contribution is -0.140. The van der Waals surface area contributed by atoms with E-state index in [-0.39, 0.29) is 4.88 Å². The van der Waals surface area contributed by atoms with Gasteiger partial charge in [-0.2, -0.15) is 0 Å². The number of rotatable bonds is 5. The summed E-state index contributed by atoms with van der Waals surface area (Å²) in [4.78, 5) is 34.1. The molecule has 2 amide bonds. The average Bonchev–Trinajstić information content (AvgIpc) is 2.75. The Kier molecular flexibility index (Phi) is 4.77. The summed E-state index contributed by atoms with van der Waals surface area (Å²) in [5, 5.41) is 15.1. The van der Waals surface area contributed by atoms with Crippen LogP contribution in [-0.2, 0) is 15.0 Å². The maximum absolute atomic E-state index is 12.1. The summed E-state index contributed by atoms with van der Waals surface area (Å²) in [5.41, 5.74) is 5.02. The molecule has 0 aromatic carbocycles. The summed E-state index contributed by atoms with van der Waals surface area (Å²) in [6.07, 6.45) is -0.474. The Hall–Kier alpha value is -2.03. The van der Waals surface area contributed by atoms with Crippen molar-refractivity contribution in [2.75, 3.05) is 0 Å². The monoisotopic (exact) mass is 300 g/mol. The minimum Gasteiger partial charge on any atom is -0.480 e. The Bertz CT molecular complexity index is 535. The number of carbonyl (C=O) groups excluding carboxylic acids is 2. The Labute approximate surface area is 119 Å². The number of nitrogens with two attached hydrogens (primary N) is 1. The van der Waals surface area contributed by atoms with Gasteiger partial charge in [0.05, 0.1) is 12.1 Å². The normalized spacial score (nSPS) is 12.8. The van der Waals surface area contributed by atoms with E-state index in [1.54, 1.807) is 0 Å². The van der Waals surface area contributed by atoms with Crippen LogP contribution in [0.5, 0.6) is 0 Å². The second kappa shape index (κ2) is 5.95. The van der Waals surface area contributed by atoms with Crippen LogP contribution in [0.15, 0.2) is 0 Å². The van der Waals surface area contributed by atoms with Gasteiger partial charge < -0.3 is 16.2 Å². The first-order chi connectivity index (χ1) is 9.12. The van der Waals surface area contributed by atoms with Gasteiger partial charge in [-0.25, -0.2) is 4.79 Å². The summed E-state index contributed by atoms with van der Waals surface area (Å²) < 4.78 is 3.71. The minimum absolute atomic E-state index is 0.230. The first-order valence-electron chi connectivity index (χ1n) is 5.77. The topological polar surface area (TPSA) is 135 Å². The van der Waals surface area contributed by atoms with Crippen molar-refractivity contribution >= 4 is 29.3 Å². The van der Waals surface area contributed by atoms with Crippen LogP contribution >= 0.6 is 11.5 Å². The van der Waals surface area contributed by atoms with Crippen LogP contribution in [0.3, 0.4) is 0 Å². The van der Waals surface area contributed by atoms with Gasteiger partial charge >= 0.3 is 5.97 Å². The number of amides is 2. The second-order valence-corrected chi connectivity index (χ2v) is 5.99. The van der Waals surface area contributed by atoms with Crippen molar-refractivity contribution in [2.24, 2.45) is 5.73 Å². The summed E-state index contributed by atoms with van der Waals surface area (Å²) in [6, 6.07) is -1.37. The standard InChI is InChI=1S/C11H16N4O4S/c1-11(2,3)8-7(20-15-14-8)9(17)13-5(10(18)19)4-6(12)16/h5H,4H2,1-3H3,(H2,12,16)(H,13,17)(H,18,19)/t5-/m0/s1. The highest BCUT2D eigenvalue weighted by Crippen LogP contribution is 2.25. The number of primary amides is 1. The van der Waals surface area contributed by atoms with E-state index in [0.717, 1.165) is 11.5 Å². The number of nitrogens with one attached hydrogen (secondary N) is 1. The van der Waals surface area contributed by atoms with E-state index in [0.29, 0.717) is 5.69 Å². The largest absolute Gasteiger partial charge is 0.480 e. The van der Waals surface area contributed by atoms with E-state index in [9.17, 15) is 14.4 Å². The number of carboxylic acids is 1. The molecule has 1 aromatic heterocycles. The van der Waals surface area contributed by atoms with Crippen LogP contribution in [0, 0.1) is 0 Å². The molecule has 0 fully saturated rings. The van der Waals surface area contributed by atoms with Gasteiger partial charge in [-0.15, -0.1) is 5.10 Å². The van der Waals surface area contributed by atoms with Crippen LogP contribution < -0.4 is 11.1 Å². The van der Waals surface area contributed by atoms with Crippen molar-refractivity contribution in [3.63, 3.8) is 0 Å². The lowest BCUT2D eigenvalue weighted by Crippen LogP contribution is -2.43. The third-order valence-corrected chi connectivity index (χ3v) is 3.14. The first-order valence-corrected chi connectivity index (χ1v) is 6.55. The Morgan fingerprint density at radius 1 is 1.40 bits per heavy atom. The van der Waals surface area contributed by atoms with Crippen molar-refractivity contribution in [1.82, 2.24) is 14.9 Å². The fourth-order valence-corrected chi connectivity index (χ4v) is 2.23. The lowest BCUT2D eigenvalue weighted by atomic mass is 9.91. The molecule has 1 heterocycles. The molecule has 1 atom stereocenters. The van der Waals surface area contributed by atoms with Gasteiger partial charge in [-0.3, -0.25) is 9.59 Å². The Morgan fingerprint density at radius 3 is 2.45 bits per heavy atom. The third-order valence-electron chi connectivity index (χ3n) is 2.41. The van der Waals surface area contributed by atoms with Crippen molar-refractivity contribution in [1.29, 1.82) is 0 Å². The average molecular weight is 300 g/mol. The molecule has 0 radical (unpaired) electrons. The van der Waals surface area contributed by atoms with Gasteiger partial charge in [0.15, 0.2) is 0 Å². The smallest absolute Gasteiger partial charge is 0.326 e. The second-order valence-electron chi connectivity index (χ2n) is 5.24. The molecule has 0 bridgehead atoms. The number of aliphatic carboxylic acids is 1. The predicted molar refractivity (Wildman–Crippen MR) is 71.3 cm³/mol. The zero-order valence-electron chi connectivity index (χ0n) is 11.3. The molecule has 1 rings (SSSR count). The van der Waals surface area contributed by atoms with E-state index in [2.05, 4.69) is 14.9 Å². The molecule has 0 saturated carbocycles. The van der Waals surface area contributed by atoms with Gasteiger partial charge in [0, 0.05) is 5.41 Å². The highest BCUT2D eigenvalue weighted by atomic mass is 32.1. The number of carboxylic acid groups (broad SMARTS) is 1. The summed E-state index contributed by atoms with van der Waals surface area (Å²) in [6.45, 7) is 5.58. The molecule has 9 heteroatoms. The SMILES string of the molecule is CC(C)(C)c1nnsc1C(=O)N[C@@H](CC(N)=O)C(=O)O. The van der Waals surface area contributed by atoms with Crippen molar-refractivity contribution in [3.8, 4) is 0 Å². The zero-order chi connectivity index (χ0) is 15.5. The minimum atomic E-state index is -1.37. The molecule has 1 aromatic rings. The van der Waals surface area contributed by atoms with Crippen LogP contribution in [0.25, 0.3) is 0 Å². The predicted octanol–water partition coefficient (Wildman–Crippen LogP) is -0.106. The molecule has 0 saturated heterocycles. The van der Waals surface area contributed by atoms with E-state index < -0.39 is 35.7 Å². The molecule has 0 unspecified atom stereocenters. The molecular weight excluding hydrogens is 284 g/mol. The lowest BCUT2D eigenvalue weighted by Gasteiger charge is -2.17. The first kappa shape index (κ1) is 16.0. The van der Waals surface area contributed by atoms with Crippen LogP contribution in [0.2, 0.25) is 0 Å². The number of hydrogen-bond donors (Lipinski definition) is 3. The fourth-order valence-electron chi connectivity index (χ4n) is 1.46. The third kappa shape index (κ3) is 3.98. The highest BCUT2D eigenvalue weighted by Gasteiger charge is 2.29. The Balaban J connectivity index is 2.93. The van der Waals surface area contributed by atoms with Crippen LogP contribution in [0.1, 0.15) is 42.6 Å². The number of hydrogen-bond acceptors (Lipinski definition) is 6. The number of carbonyl (C=O) groups is 3. The van der Waals surface area contributed by atoms with Crippen molar-refractivity contribution in [2.45, 2.75) is 38.6 Å². The molecule has 8 nitrogen and oxygen atoms in total. The van der Waals surface area contributed by atoms with E-state index in [1.807, 2.05) is 20.8 Å². The summed E-state index contributed by atoms with van der Waals surface area (Å²) in [7, 11) is 0. The quantitative estimate of drug-likeness (QED) is 0.694. The zero-order valence-corrected chi connectivity index (χ0v) is 12.2. The van der Waals surface area contributed by atoms with Gasteiger partial charge in [0.25, 0.3) is 5.91 Å². The summed E-state index contributed by atoms with van der Waals surface area (Å²) in [5.74, 6) is -2.76. The maximum atomic E-state index is 12.1. The molecular formula is C11H16N4O4S. The molecule has 4 N–H and O–H groups in total. The van der Waals surface area contributed by atoms with Crippen LogP contribution in [0.4, 0.5) is 0 Å². The molecule has 110 valence electrons. The van der Waals surface area contributed by atoms with E-state index >= 15 is 0 Å². The number of nitrogens with zero attached hydrogens (tertiary/aromatic N) is 2. The van der Waals surface area contributed by atoms with Gasteiger partial charge in [0.1, 0.15) is 10.9 Å². The summed E-state index contributed by atoms with van der Waals surface area (Å²) >= 11 is 0.875. The van der Waals surface area contributed by atoms with Crippen molar-refractivity contribution in [3.05, 3.63) is 10.6 Å². The van der Waals surface area contributed by atoms with Gasteiger partial charge in [0.2, 0.25) is 5.91 Å². The highest BCUT2D eigenvalue weighted by molar-refractivity contribution is 7.08. The molecule has 0 aliphatic carbocycles. The van der Waals surface area contributed by atoms with Gasteiger partial charge in [-0.05, 0) is 11.5 Å². The molecule has 20 heavy (non-hydrogen) atoms. The molecule has 0 spiro atoms.